The van der Waals surface area contributed by atoms with Crippen molar-refractivity contribution >= 4 is 22.5 Å². The molecule has 0 bridgehead atoms. The van der Waals surface area contributed by atoms with Crippen molar-refractivity contribution in [3.05, 3.63) is 70.5 Å². The average Bonchev–Trinajstić information content (AvgIpc) is 3.05. The number of amides is 2. The van der Waals surface area contributed by atoms with Crippen LogP contribution in [0.25, 0.3) is 0 Å². The first-order valence-electron chi connectivity index (χ1n) is 8.21. The Bertz CT molecular complexity index is 973. The van der Waals surface area contributed by atoms with Gasteiger partial charge >= 0.3 is 6.03 Å². The topological polar surface area (TPSA) is 76.1 Å². The molecular weight excluding hydrogens is 360 g/mol. The van der Waals surface area contributed by atoms with E-state index in [-0.39, 0.29) is 6.03 Å². The molecule has 0 aliphatic heterocycles. The third-order valence-corrected chi connectivity index (χ3v) is 4.62. The Morgan fingerprint density at radius 3 is 2.59 bits per heavy atom. The van der Waals surface area contributed by atoms with Gasteiger partial charge in [0.05, 0.1) is 12.8 Å². The average molecular weight is 378 g/mol. The number of carbonyl (C=O) groups is 1. The van der Waals surface area contributed by atoms with Gasteiger partial charge in [-0.1, -0.05) is 29.4 Å². The molecule has 3 rings (SSSR count). The smallest absolute Gasteiger partial charge is 0.321 e. The van der Waals surface area contributed by atoms with Gasteiger partial charge in [-0.25, -0.2) is 9.78 Å². The molecule has 2 heterocycles. The molecule has 0 saturated carbocycles. The summed E-state index contributed by atoms with van der Waals surface area (Å²) in [5.74, 6) is 6.93. The van der Waals surface area contributed by atoms with Gasteiger partial charge in [-0.15, -0.1) is 0 Å². The monoisotopic (exact) mass is 378 g/mol. The van der Waals surface area contributed by atoms with E-state index in [4.69, 9.17) is 4.74 Å². The van der Waals surface area contributed by atoms with Crippen LogP contribution in [0.2, 0.25) is 0 Å². The van der Waals surface area contributed by atoms with E-state index in [1.807, 2.05) is 43.3 Å². The molecule has 0 aliphatic carbocycles. The number of ether oxygens (including phenoxy) is 1. The van der Waals surface area contributed by atoms with Gasteiger partial charge in [0, 0.05) is 24.5 Å². The van der Waals surface area contributed by atoms with Crippen LogP contribution in [-0.2, 0) is 6.54 Å². The molecule has 1 aromatic carbocycles. The second-order valence-electron chi connectivity index (χ2n) is 5.58. The van der Waals surface area contributed by atoms with E-state index in [1.165, 1.54) is 11.3 Å². The number of hydrogen-bond acceptors (Lipinski definition) is 5. The van der Waals surface area contributed by atoms with Gasteiger partial charge in [0.1, 0.15) is 10.6 Å². The third kappa shape index (κ3) is 5.30. The summed E-state index contributed by atoms with van der Waals surface area (Å²) in [6.45, 7) is 2.28. The molecule has 3 aromatic rings. The highest BCUT2D eigenvalue weighted by atomic mass is 32.1. The van der Waals surface area contributed by atoms with Gasteiger partial charge in [-0.05, 0) is 42.7 Å². The normalized spacial score (nSPS) is 9.85. The van der Waals surface area contributed by atoms with Crippen LogP contribution in [0.5, 0.6) is 5.75 Å². The Kier molecular flexibility index (Phi) is 6.02. The lowest BCUT2D eigenvalue weighted by molar-refractivity contribution is 0.251. The predicted octanol–water partition coefficient (Wildman–Crippen LogP) is 3.58. The van der Waals surface area contributed by atoms with Gasteiger partial charge in [0.15, 0.2) is 5.13 Å². The number of rotatable bonds is 4. The predicted molar refractivity (Wildman–Crippen MR) is 106 cm³/mol. The number of aromatic nitrogens is 2. The molecular formula is C20H18N4O2S. The minimum atomic E-state index is -0.312. The second kappa shape index (κ2) is 8.83. The maximum absolute atomic E-state index is 12.1. The number of anilines is 1. The van der Waals surface area contributed by atoms with Crippen LogP contribution in [0.1, 0.15) is 21.7 Å². The van der Waals surface area contributed by atoms with Crippen LogP contribution < -0.4 is 15.4 Å². The number of benzene rings is 1. The van der Waals surface area contributed by atoms with Gasteiger partial charge < -0.3 is 10.1 Å². The first-order chi connectivity index (χ1) is 13.1. The van der Waals surface area contributed by atoms with Gasteiger partial charge in [0.25, 0.3) is 0 Å². The number of carbonyl (C=O) groups excluding carboxylic acids is 1. The summed E-state index contributed by atoms with van der Waals surface area (Å²) in [6, 6.07) is 10.9. The molecule has 0 saturated heterocycles. The Labute approximate surface area is 161 Å². The number of urea groups is 1. The van der Waals surface area contributed by atoms with Crippen LogP contribution in [-0.4, -0.2) is 23.1 Å². The number of nitrogens with zero attached hydrogens (tertiary/aromatic N) is 2. The van der Waals surface area contributed by atoms with Crippen LogP contribution in [0.15, 0.2) is 48.8 Å². The maximum atomic E-state index is 12.1. The molecule has 27 heavy (non-hydrogen) atoms. The molecule has 7 heteroatoms. The maximum Gasteiger partial charge on any atom is 0.321 e. The van der Waals surface area contributed by atoms with E-state index in [1.54, 1.807) is 19.5 Å². The molecule has 136 valence electrons. The summed E-state index contributed by atoms with van der Waals surface area (Å²) in [4.78, 5) is 21.2. The fourth-order valence-corrected chi connectivity index (χ4v) is 3.01. The summed E-state index contributed by atoms with van der Waals surface area (Å²) < 4.78 is 5.11. The number of aryl methyl sites for hydroxylation is 1. The van der Waals surface area contributed by atoms with Gasteiger partial charge in [0.2, 0.25) is 0 Å². The molecule has 2 aromatic heterocycles. The summed E-state index contributed by atoms with van der Waals surface area (Å²) in [6.07, 6.45) is 3.40. The number of nitrogens with one attached hydrogen (secondary N) is 2. The lowest BCUT2D eigenvalue weighted by atomic mass is 10.2. The van der Waals surface area contributed by atoms with Crippen molar-refractivity contribution in [1.82, 2.24) is 15.3 Å². The van der Waals surface area contributed by atoms with Crippen molar-refractivity contribution in [3.8, 4) is 17.6 Å². The third-order valence-electron chi connectivity index (χ3n) is 3.63. The van der Waals surface area contributed by atoms with Crippen molar-refractivity contribution in [3.63, 3.8) is 0 Å². The zero-order chi connectivity index (χ0) is 19.1. The minimum absolute atomic E-state index is 0.312. The SMILES string of the molecule is COc1ccc(CNC(=O)Nc2nc(C)c(C#Cc3ccncc3)s2)cc1. The fraction of sp³-hybridized carbons (Fsp3) is 0.150. The minimum Gasteiger partial charge on any atom is -0.497 e. The first kappa shape index (κ1) is 18.4. The molecule has 2 amide bonds. The van der Waals surface area contributed by atoms with Gasteiger partial charge in [-0.2, -0.15) is 0 Å². The Balaban J connectivity index is 1.57. The summed E-state index contributed by atoms with van der Waals surface area (Å²) in [7, 11) is 1.62. The lowest BCUT2D eigenvalue weighted by Crippen LogP contribution is -2.28. The molecule has 0 fully saturated rings. The highest BCUT2D eigenvalue weighted by molar-refractivity contribution is 7.16. The van der Waals surface area contributed by atoms with Gasteiger partial charge in [-0.3, -0.25) is 10.3 Å². The van der Waals surface area contributed by atoms with Crippen LogP contribution in [0.3, 0.4) is 0 Å². The summed E-state index contributed by atoms with van der Waals surface area (Å²) >= 11 is 1.34. The standard InChI is InChI=1S/C20H18N4O2S/c1-14-18(8-5-15-9-11-21-12-10-15)27-20(23-14)24-19(25)22-13-16-3-6-17(26-2)7-4-16/h3-4,6-7,9-12H,13H2,1-2H3,(H2,22,23,24,25). The Morgan fingerprint density at radius 1 is 1.15 bits per heavy atom. The highest BCUT2D eigenvalue weighted by Crippen LogP contribution is 2.21. The molecule has 0 unspecified atom stereocenters. The van der Waals surface area contributed by atoms with Crippen LogP contribution in [0.4, 0.5) is 9.93 Å². The van der Waals surface area contributed by atoms with Crippen molar-refractivity contribution in [2.24, 2.45) is 0 Å². The number of pyridine rings is 1. The molecule has 6 nitrogen and oxygen atoms in total. The fourth-order valence-electron chi connectivity index (χ4n) is 2.20. The van der Waals surface area contributed by atoms with E-state index >= 15 is 0 Å². The quantitative estimate of drug-likeness (QED) is 0.681. The Hall–Kier alpha value is -3.37. The molecule has 2 N–H and O–H groups in total. The molecule has 0 radical (unpaired) electrons. The lowest BCUT2D eigenvalue weighted by Gasteiger charge is -2.06. The summed E-state index contributed by atoms with van der Waals surface area (Å²) in [5.41, 5.74) is 2.64. The van der Waals surface area contributed by atoms with Crippen LogP contribution >= 0.6 is 11.3 Å². The highest BCUT2D eigenvalue weighted by Gasteiger charge is 2.09. The molecule has 0 spiro atoms. The van der Waals surface area contributed by atoms with Crippen molar-refractivity contribution in [2.75, 3.05) is 12.4 Å². The van der Waals surface area contributed by atoms with E-state index in [0.29, 0.717) is 11.7 Å². The second-order valence-corrected chi connectivity index (χ2v) is 6.57. The largest absolute Gasteiger partial charge is 0.497 e. The van der Waals surface area contributed by atoms with Crippen molar-refractivity contribution in [2.45, 2.75) is 13.5 Å². The summed E-state index contributed by atoms with van der Waals surface area (Å²) in [5, 5.41) is 6.07. The van der Waals surface area contributed by atoms with E-state index in [9.17, 15) is 4.79 Å². The number of hydrogen-bond donors (Lipinski definition) is 2. The van der Waals surface area contributed by atoms with E-state index in [2.05, 4.69) is 32.4 Å². The van der Waals surface area contributed by atoms with E-state index in [0.717, 1.165) is 27.4 Å². The number of thiazole rings is 1. The van der Waals surface area contributed by atoms with E-state index < -0.39 is 0 Å². The Morgan fingerprint density at radius 2 is 1.89 bits per heavy atom. The molecule has 0 atom stereocenters. The van der Waals surface area contributed by atoms with Crippen LogP contribution in [0, 0.1) is 18.8 Å². The zero-order valence-corrected chi connectivity index (χ0v) is 15.8. The first-order valence-corrected chi connectivity index (χ1v) is 9.03. The molecule has 0 aliphatic rings. The zero-order valence-electron chi connectivity index (χ0n) is 14.9. The van der Waals surface area contributed by atoms with Crippen molar-refractivity contribution < 1.29 is 9.53 Å². The van der Waals surface area contributed by atoms with Crippen molar-refractivity contribution in [1.29, 1.82) is 0 Å². The number of methoxy groups -OCH3 is 1.